The number of rotatable bonds is 1. The van der Waals surface area contributed by atoms with Crippen molar-refractivity contribution < 1.29 is 4.79 Å². The summed E-state index contributed by atoms with van der Waals surface area (Å²) in [6, 6.07) is 3.46. The van der Waals surface area contributed by atoms with Crippen molar-refractivity contribution in [3.05, 3.63) is 21.3 Å². The first-order valence-corrected chi connectivity index (χ1v) is 4.77. The SMILES string of the molecule is CC(=O)Nc1cc(Br)nc(Br)c1. The zero-order chi connectivity index (χ0) is 9.14. The Morgan fingerprint density at radius 2 is 1.92 bits per heavy atom. The molecule has 1 aromatic heterocycles. The van der Waals surface area contributed by atoms with Gasteiger partial charge in [-0.15, -0.1) is 0 Å². The van der Waals surface area contributed by atoms with Crippen LogP contribution in [0.5, 0.6) is 0 Å². The number of carbonyl (C=O) groups is 1. The predicted molar refractivity (Wildman–Crippen MR) is 53.9 cm³/mol. The van der Waals surface area contributed by atoms with Crippen molar-refractivity contribution in [3.63, 3.8) is 0 Å². The molecule has 1 heterocycles. The van der Waals surface area contributed by atoms with Crippen LogP contribution in [-0.4, -0.2) is 10.9 Å². The lowest BCUT2D eigenvalue weighted by Gasteiger charge is -2.02. The number of aromatic nitrogens is 1. The highest BCUT2D eigenvalue weighted by Gasteiger charge is 1.99. The number of anilines is 1. The van der Waals surface area contributed by atoms with E-state index in [1.54, 1.807) is 12.1 Å². The van der Waals surface area contributed by atoms with Gasteiger partial charge in [-0.25, -0.2) is 4.98 Å². The van der Waals surface area contributed by atoms with E-state index in [4.69, 9.17) is 0 Å². The number of amides is 1. The third-order valence-corrected chi connectivity index (χ3v) is 1.90. The van der Waals surface area contributed by atoms with Crippen molar-refractivity contribution in [2.45, 2.75) is 6.92 Å². The summed E-state index contributed by atoms with van der Waals surface area (Å²) < 4.78 is 1.36. The summed E-state index contributed by atoms with van der Waals surface area (Å²) in [6.07, 6.45) is 0. The second-order valence-electron chi connectivity index (χ2n) is 2.18. The van der Waals surface area contributed by atoms with Gasteiger partial charge in [0.2, 0.25) is 5.91 Å². The monoisotopic (exact) mass is 292 g/mol. The second-order valence-corrected chi connectivity index (χ2v) is 3.81. The van der Waals surface area contributed by atoms with E-state index in [9.17, 15) is 4.79 Å². The third kappa shape index (κ3) is 2.91. The van der Waals surface area contributed by atoms with E-state index in [1.807, 2.05) is 0 Å². The lowest BCUT2D eigenvalue weighted by molar-refractivity contribution is -0.114. The number of hydrogen-bond acceptors (Lipinski definition) is 2. The Balaban J connectivity index is 2.93. The first kappa shape index (κ1) is 9.67. The minimum absolute atomic E-state index is 0.0972. The molecule has 0 spiro atoms. The summed E-state index contributed by atoms with van der Waals surface area (Å²) in [5.74, 6) is -0.0972. The van der Waals surface area contributed by atoms with E-state index in [2.05, 4.69) is 42.2 Å². The van der Waals surface area contributed by atoms with Crippen molar-refractivity contribution in [3.8, 4) is 0 Å². The van der Waals surface area contributed by atoms with E-state index in [0.717, 1.165) is 5.69 Å². The maximum atomic E-state index is 10.7. The van der Waals surface area contributed by atoms with Crippen LogP contribution in [0.4, 0.5) is 5.69 Å². The van der Waals surface area contributed by atoms with Gasteiger partial charge in [0.1, 0.15) is 9.21 Å². The normalized spacial score (nSPS) is 9.58. The molecule has 1 amide bonds. The number of carbonyl (C=O) groups excluding carboxylic acids is 1. The molecule has 0 unspecified atom stereocenters. The van der Waals surface area contributed by atoms with Crippen LogP contribution < -0.4 is 5.32 Å². The first-order valence-electron chi connectivity index (χ1n) is 3.18. The molecule has 0 saturated heterocycles. The molecule has 0 aliphatic rings. The molecule has 5 heteroatoms. The highest BCUT2D eigenvalue weighted by Crippen LogP contribution is 2.19. The second kappa shape index (κ2) is 4.00. The van der Waals surface area contributed by atoms with Gasteiger partial charge in [-0.3, -0.25) is 4.79 Å². The Bertz CT molecular complexity index is 294. The molecule has 0 aromatic carbocycles. The predicted octanol–water partition coefficient (Wildman–Crippen LogP) is 2.56. The Morgan fingerprint density at radius 3 is 2.33 bits per heavy atom. The van der Waals surface area contributed by atoms with Crippen LogP contribution in [0.25, 0.3) is 0 Å². The topological polar surface area (TPSA) is 42.0 Å². The summed E-state index contributed by atoms with van der Waals surface area (Å²) in [6.45, 7) is 1.46. The Kier molecular flexibility index (Phi) is 3.22. The third-order valence-electron chi connectivity index (χ3n) is 1.08. The molecule has 0 saturated carbocycles. The number of hydrogen-bond donors (Lipinski definition) is 1. The number of nitrogens with zero attached hydrogens (tertiary/aromatic N) is 1. The van der Waals surface area contributed by atoms with Gasteiger partial charge in [0.15, 0.2) is 0 Å². The van der Waals surface area contributed by atoms with E-state index >= 15 is 0 Å². The number of halogens is 2. The van der Waals surface area contributed by atoms with Crippen LogP contribution in [0.15, 0.2) is 21.3 Å². The molecule has 0 fully saturated rings. The molecule has 12 heavy (non-hydrogen) atoms. The van der Waals surface area contributed by atoms with Crippen LogP contribution in [0.1, 0.15) is 6.92 Å². The average Bonchev–Trinajstić information content (AvgIpc) is 1.81. The molecule has 0 aliphatic carbocycles. The molecular weight excluding hydrogens is 288 g/mol. The van der Waals surface area contributed by atoms with Crippen LogP contribution in [0.3, 0.4) is 0 Å². The van der Waals surface area contributed by atoms with Crippen LogP contribution in [0, 0.1) is 0 Å². The van der Waals surface area contributed by atoms with Crippen LogP contribution in [-0.2, 0) is 4.79 Å². The number of pyridine rings is 1. The first-order chi connectivity index (χ1) is 5.58. The summed E-state index contributed by atoms with van der Waals surface area (Å²) in [5.41, 5.74) is 0.719. The molecule has 1 N–H and O–H groups in total. The van der Waals surface area contributed by atoms with E-state index < -0.39 is 0 Å². The Labute approximate surface area is 86.8 Å². The Morgan fingerprint density at radius 1 is 1.42 bits per heavy atom. The standard InChI is InChI=1S/C7H6Br2N2O/c1-4(12)10-5-2-6(8)11-7(9)3-5/h2-3H,1H3,(H,10,11,12). The summed E-state index contributed by atoms with van der Waals surface area (Å²) in [7, 11) is 0. The van der Waals surface area contributed by atoms with Crippen LogP contribution in [0.2, 0.25) is 0 Å². The average molecular weight is 294 g/mol. The molecule has 0 aliphatic heterocycles. The molecule has 3 nitrogen and oxygen atoms in total. The lowest BCUT2D eigenvalue weighted by atomic mass is 10.4. The van der Waals surface area contributed by atoms with Crippen molar-refractivity contribution in [1.82, 2.24) is 4.98 Å². The molecule has 64 valence electrons. The fraction of sp³-hybridized carbons (Fsp3) is 0.143. The van der Waals surface area contributed by atoms with Gasteiger partial charge in [0.05, 0.1) is 0 Å². The van der Waals surface area contributed by atoms with Gasteiger partial charge in [0, 0.05) is 12.6 Å². The van der Waals surface area contributed by atoms with Crippen molar-refractivity contribution in [1.29, 1.82) is 0 Å². The number of nitrogens with one attached hydrogen (secondary N) is 1. The minimum Gasteiger partial charge on any atom is -0.326 e. The highest BCUT2D eigenvalue weighted by atomic mass is 79.9. The molecule has 0 radical (unpaired) electrons. The van der Waals surface area contributed by atoms with E-state index in [0.29, 0.717) is 9.21 Å². The zero-order valence-electron chi connectivity index (χ0n) is 6.27. The van der Waals surface area contributed by atoms with Crippen molar-refractivity contribution in [2.75, 3.05) is 5.32 Å². The van der Waals surface area contributed by atoms with Gasteiger partial charge in [-0.2, -0.15) is 0 Å². The fourth-order valence-corrected chi connectivity index (χ4v) is 1.85. The summed E-state index contributed by atoms with van der Waals surface area (Å²) >= 11 is 6.42. The van der Waals surface area contributed by atoms with Gasteiger partial charge < -0.3 is 5.32 Å². The minimum atomic E-state index is -0.0972. The quantitative estimate of drug-likeness (QED) is 0.809. The smallest absolute Gasteiger partial charge is 0.221 e. The summed E-state index contributed by atoms with van der Waals surface area (Å²) in [4.78, 5) is 14.7. The maximum Gasteiger partial charge on any atom is 0.221 e. The summed E-state index contributed by atoms with van der Waals surface area (Å²) in [5, 5.41) is 2.65. The van der Waals surface area contributed by atoms with Crippen molar-refractivity contribution >= 4 is 43.5 Å². The fourth-order valence-electron chi connectivity index (χ4n) is 0.740. The molecule has 0 atom stereocenters. The lowest BCUT2D eigenvalue weighted by Crippen LogP contribution is -2.05. The van der Waals surface area contributed by atoms with Gasteiger partial charge in [-0.1, -0.05) is 0 Å². The molecule has 1 rings (SSSR count). The van der Waals surface area contributed by atoms with Gasteiger partial charge >= 0.3 is 0 Å². The van der Waals surface area contributed by atoms with E-state index in [-0.39, 0.29) is 5.91 Å². The molecule has 1 aromatic rings. The Hall–Kier alpha value is -0.420. The molecule has 0 bridgehead atoms. The largest absolute Gasteiger partial charge is 0.326 e. The van der Waals surface area contributed by atoms with Crippen molar-refractivity contribution in [2.24, 2.45) is 0 Å². The van der Waals surface area contributed by atoms with Crippen LogP contribution >= 0.6 is 31.9 Å². The van der Waals surface area contributed by atoms with Gasteiger partial charge in [0.25, 0.3) is 0 Å². The van der Waals surface area contributed by atoms with Gasteiger partial charge in [-0.05, 0) is 44.0 Å². The van der Waals surface area contributed by atoms with E-state index in [1.165, 1.54) is 6.92 Å². The molecular formula is C7H6Br2N2O. The maximum absolute atomic E-state index is 10.7. The highest BCUT2D eigenvalue weighted by molar-refractivity contribution is 9.11. The zero-order valence-corrected chi connectivity index (χ0v) is 9.44.